The molecule has 0 aromatic heterocycles. The van der Waals surface area contributed by atoms with Crippen LogP contribution in [-0.4, -0.2) is 60.4 Å². The summed E-state index contributed by atoms with van der Waals surface area (Å²) >= 11 is 0. The zero-order chi connectivity index (χ0) is 13.6. The van der Waals surface area contributed by atoms with Crippen LogP contribution in [0.15, 0.2) is 0 Å². The molecule has 0 bridgehead atoms. The van der Waals surface area contributed by atoms with Crippen molar-refractivity contribution < 1.29 is 14.6 Å². The van der Waals surface area contributed by atoms with Crippen molar-refractivity contribution >= 4 is 5.91 Å². The zero-order valence-electron chi connectivity index (χ0n) is 11.7. The predicted molar refractivity (Wildman–Crippen MR) is 70.4 cm³/mol. The van der Waals surface area contributed by atoms with Crippen LogP contribution in [0.2, 0.25) is 0 Å². The minimum absolute atomic E-state index is 0.0885. The average Bonchev–Trinajstić information content (AvgIpc) is 2.36. The van der Waals surface area contributed by atoms with E-state index >= 15 is 0 Å². The standard InChI is InChI=1S/C13H26N2O3/c1-4-5-13(3,17)10-14-11(2)12(16)15-6-8-18-9-7-15/h11,14,17H,4-10H2,1-3H3. The number of hydrogen-bond acceptors (Lipinski definition) is 4. The summed E-state index contributed by atoms with van der Waals surface area (Å²) in [6.07, 6.45) is 1.67. The molecule has 0 radical (unpaired) electrons. The summed E-state index contributed by atoms with van der Waals surface area (Å²) in [4.78, 5) is 13.9. The molecule has 2 unspecified atom stereocenters. The van der Waals surface area contributed by atoms with Crippen LogP contribution < -0.4 is 5.32 Å². The second-order valence-electron chi connectivity index (χ2n) is 5.29. The second kappa shape index (κ2) is 7.07. The van der Waals surface area contributed by atoms with E-state index in [1.807, 2.05) is 18.7 Å². The van der Waals surface area contributed by atoms with Crippen LogP contribution in [-0.2, 0) is 9.53 Å². The highest BCUT2D eigenvalue weighted by Gasteiger charge is 2.25. The van der Waals surface area contributed by atoms with E-state index in [0.29, 0.717) is 32.8 Å². The minimum atomic E-state index is -0.742. The molecule has 5 heteroatoms. The van der Waals surface area contributed by atoms with E-state index < -0.39 is 5.60 Å². The topological polar surface area (TPSA) is 61.8 Å². The minimum Gasteiger partial charge on any atom is -0.389 e. The molecule has 0 spiro atoms. The summed E-state index contributed by atoms with van der Waals surface area (Å²) in [5.41, 5.74) is -0.742. The van der Waals surface area contributed by atoms with Crippen molar-refractivity contribution in [3.05, 3.63) is 0 Å². The zero-order valence-corrected chi connectivity index (χ0v) is 11.7. The number of nitrogens with zero attached hydrogens (tertiary/aromatic N) is 1. The summed E-state index contributed by atoms with van der Waals surface area (Å²) in [5, 5.41) is 13.2. The van der Waals surface area contributed by atoms with Crippen LogP contribution in [0.25, 0.3) is 0 Å². The molecule has 1 saturated heterocycles. The Morgan fingerprint density at radius 2 is 2.11 bits per heavy atom. The maximum Gasteiger partial charge on any atom is 0.239 e. The summed E-state index contributed by atoms with van der Waals surface area (Å²) in [6, 6.07) is -0.258. The van der Waals surface area contributed by atoms with Gasteiger partial charge in [0.05, 0.1) is 24.9 Å². The summed E-state index contributed by atoms with van der Waals surface area (Å²) in [5.74, 6) is 0.0885. The molecule has 1 amide bonds. The molecule has 0 aromatic carbocycles. The Morgan fingerprint density at radius 1 is 1.50 bits per heavy atom. The van der Waals surface area contributed by atoms with Crippen LogP contribution in [0.4, 0.5) is 0 Å². The lowest BCUT2D eigenvalue weighted by Crippen LogP contribution is -2.51. The van der Waals surface area contributed by atoms with Gasteiger partial charge in [0.25, 0.3) is 0 Å². The number of aliphatic hydroxyl groups is 1. The number of nitrogens with one attached hydrogen (secondary N) is 1. The summed E-state index contributed by atoms with van der Waals surface area (Å²) in [6.45, 7) is 8.69. The maximum atomic E-state index is 12.1. The van der Waals surface area contributed by atoms with E-state index in [1.165, 1.54) is 0 Å². The van der Waals surface area contributed by atoms with Crippen molar-refractivity contribution in [2.75, 3.05) is 32.8 Å². The highest BCUT2D eigenvalue weighted by atomic mass is 16.5. The summed E-state index contributed by atoms with van der Waals surface area (Å²) < 4.78 is 5.22. The number of rotatable bonds is 6. The van der Waals surface area contributed by atoms with Crippen LogP contribution in [0.5, 0.6) is 0 Å². The van der Waals surface area contributed by atoms with Crippen LogP contribution in [0.1, 0.15) is 33.6 Å². The predicted octanol–water partition coefficient (Wildman–Crippen LogP) is 0.374. The van der Waals surface area contributed by atoms with Gasteiger partial charge in [0.2, 0.25) is 5.91 Å². The molecule has 1 aliphatic rings. The first-order valence-electron chi connectivity index (χ1n) is 6.78. The molecule has 0 aromatic rings. The Balaban J connectivity index is 2.35. The van der Waals surface area contributed by atoms with Gasteiger partial charge in [0.15, 0.2) is 0 Å². The molecule has 18 heavy (non-hydrogen) atoms. The highest BCUT2D eigenvalue weighted by Crippen LogP contribution is 2.10. The van der Waals surface area contributed by atoms with Gasteiger partial charge in [-0.2, -0.15) is 0 Å². The molecule has 2 N–H and O–H groups in total. The molecular weight excluding hydrogens is 232 g/mol. The number of carbonyl (C=O) groups excluding carboxylic acids is 1. The van der Waals surface area contributed by atoms with Gasteiger partial charge >= 0.3 is 0 Å². The van der Waals surface area contributed by atoms with Gasteiger partial charge in [0.1, 0.15) is 0 Å². The van der Waals surface area contributed by atoms with Gasteiger partial charge in [-0.3, -0.25) is 4.79 Å². The Labute approximate surface area is 109 Å². The Kier molecular flexibility index (Phi) is 6.05. The molecule has 5 nitrogen and oxygen atoms in total. The normalized spacial score (nSPS) is 21.4. The fourth-order valence-corrected chi connectivity index (χ4v) is 2.14. The van der Waals surface area contributed by atoms with Crippen molar-refractivity contribution in [2.45, 2.75) is 45.3 Å². The molecule has 1 aliphatic heterocycles. The molecule has 0 aliphatic carbocycles. The fourth-order valence-electron chi connectivity index (χ4n) is 2.14. The molecule has 1 heterocycles. The van der Waals surface area contributed by atoms with E-state index in [0.717, 1.165) is 12.8 Å². The third-order valence-electron chi connectivity index (χ3n) is 3.27. The third-order valence-corrected chi connectivity index (χ3v) is 3.27. The lowest BCUT2D eigenvalue weighted by Gasteiger charge is -2.31. The lowest BCUT2D eigenvalue weighted by molar-refractivity contribution is -0.137. The number of ether oxygens (including phenoxy) is 1. The SMILES string of the molecule is CCCC(C)(O)CNC(C)C(=O)N1CCOCC1. The lowest BCUT2D eigenvalue weighted by atomic mass is 10.0. The fraction of sp³-hybridized carbons (Fsp3) is 0.923. The smallest absolute Gasteiger partial charge is 0.239 e. The number of morpholine rings is 1. The van der Waals surface area contributed by atoms with Crippen molar-refractivity contribution in [3.8, 4) is 0 Å². The average molecular weight is 258 g/mol. The number of amides is 1. The van der Waals surface area contributed by atoms with Gasteiger partial charge < -0.3 is 20.1 Å². The first-order valence-corrected chi connectivity index (χ1v) is 6.78. The highest BCUT2D eigenvalue weighted by molar-refractivity contribution is 5.81. The van der Waals surface area contributed by atoms with Crippen molar-refractivity contribution in [1.29, 1.82) is 0 Å². The second-order valence-corrected chi connectivity index (χ2v) is 5.29. The molecule has 0 saturated carbocycles. The van der Waals surface area contributed by atoms with Crippen molar-refractivity contribution in [1.82, 2.24) is 10.2 Å². The molecule has 1 rings (SSSR count). The largest absolute Gasteiger partial charge is 0.389 e. The van der Waals surface area contributed by atoms with Gasteiger partial charge in [0, 0.05) is 19.6 Å². The third kappa shape index (κ3) is 4.92. The van der Waals surface area contributed by atoms with E-state index in [1.54, 1.807) is 6.92 Å². The number of carbonyl (C=O) groups is 1. The van der Waals surface area contributed by atoms with Crippen LogP contribution in [0.3, 0.4) is 0 Å². The van der Waals surface area contributed by atoms with Gasteiger partial charge in [-0.15, -0.1) is 0 Å². The Hall–Kier alpha value is -0.650. The molecule has 106 valence electrons. The van der Waals surface area contributed by atoms with Crippen LogP contribution >= 0.6 is 0 Å². The molecule has 2 atom stereocenters. The molecule has 1 fully saturated rings. The van der Waals surface area contributed by atoms with Gasteiger partial charge in [-0.25, -0.2) is 0 Å². The van der Waals surface area contributed by atoms with Crippen molar-refractivity contribution in [3.63, 3.8) is 0 Å². The van der Waals surface area contributed by atoms with Crippen LogP contribution in [0, 0.1) is 0 Å². The van der Waals surface area contributed by atoms with Gasteiger partial charge in [-0.05, 0) is 20.3 Å². The molecular formula is C13H26N2O3. The maximum absolute atomic E-state index is 12.1. The van der Waals surface area contributed by atoms with Gasteiger partial charge in [-0.1, -0.05) is 13.3 Å². The quantitative estimate of drug-likeness (QED) is 0.723. The Bertz CT molecular complexity index is 263. The first kappa shape index (κ1) is 15.4. The first-order chi connectivity index (χ1) is 8.46. The van der Waals surface area contributed by atoms with E-state index in [2.05, 4.69) is 5.32 Å². The van der Waals surface area contributed by atoms with E-state index in [9.17, 15) is 9.90 Å². The van der Waals surface area contributed by atoms with Crippen molar-refractivity contribution in [2.24, 2.45) is 0 Å². The monoisotopic (exact) mass is 258 g/mol. The summed E-state index contributed by atoms with van der Waals surface area (Å²) in [7, 11) is 0. The Morgan fingerprint density at radius 3 is 2.67 bits per heavy atom. The van der Waals surface area contributed by atoms with E-state index in [4.69, 9.17) is 4.74 Å². The van der Waals surface area contributed by atoms with E-state index in [-0.39, 0.29) is 11.9 Å². The number of hydrogen-bond donors (Lipinski definition) is 2.